The molecule has 142 valence electrons. The Kier molecular flexibility index (Phi) is 5.07. The van der Waals surface area contributed by atoms with Gasteiger partial charge in [0.05, 0.1) is 19.1 Å². The molecule has 2 atom stereocenters. The van der Waals surface area contributed by atoms with Crippen molar-refractivity contribution in [3.63, 3.8) is 0 Å². The quantitative estimate of drug-likeness (QED) is 0.747. The number of anilines is 1. The molecular formula is C19H22N4O3S. The third kappa shape index (κ3) is 3.80. The van der Waals surface area contributed by atoms with Crippen molar-refractivity contribution in [3.05, 3.63) is 40.3 Å². The molecule has 0 N–H and O–H groups in total. The smallest absolute Gasteiger partial charge is 0.341 e. The molecule has 0 bridgehead atoms. The van der Waals surface area contributed by atoms with Crippen LogP contribution in [-0.2, 0) is 16.0 Å². The number of rotatable bonds is 4. The normalized spacial score (nSPS) is 21.8. The molecule has 2 aromatic heterocycles. The first-order valence-electron chi connectivity index (χ1n) is 9.08. The highest BCUT2D eigenvalue weighted by atomic mass is 32.1. The molecule has 4 rings (SSSR count). The second-order valence-electron chi connectivity index (χ2n) is 7.13. The molecule has 4 heterocycles. The van der Waals surface area contributed by atoms with E-state index in [2.05, 4.69) is 19.6 Å². The molecule has 8 heteroatoms. The van der Waals surface area contributed by atoms with Gasteiger partial charge >= 0.3 is 5.97 Å². The summed E-state index contributed by atoms with van der Waals surface area (Å²) in [5, 5.41) is 4.05. The van der Waals surface area contributed by atoms with Gasteiger partial charge in [0.1, 0.15) is 0 Å². The second kappa shape index (κ2) is 7.64. The molecule has 2 aliphatic rings. The third-order valence-electron chi connectivity index (χ3n) is 5.43. The number of amides is 1. The minimum Gasteiger partial charge on any atom is -0.465 e. The van der Waals surface area contributed by atoms with Gasteiger partial charge in [0.15, 0.2) is 0 Å². The number of aromatic nitrogens is 2. The molecule has 27 heavy (non-hydrogen) atoms. The summed E-state index contributed by atoms with van der Waals surface area (Å²) in [5.41, 5.74) is 1.45. The molecule has 7 nitrogen and oxygen atoms in total. The van der Waals surface area contributed by atoms with E-state index in [1.54, 1.807) is 11.3 Å². The average molecular weight is 386 g/mol. The van der Waals surface area contributed by atoms with E-state index in [1.807, 2.05) is 21.7 Å². The van der Waals surface area contributed by atoms with Crippen LogP contribution in [0, 0.1) is 11.8 Å². The van der Waals surface area contributed by atoms with Crippen molar-refractivity contribution >= 4 is 29.2 Å². The largest absolute Gasteiger partial charge is 0.465 e. The summed E-state index contributed by atoms with van der Waals surface area (Å²) >= 11 is 1.63. The van der Waals surface area contributed by atoms with Crippen molar-refractivity contribution in [1.82, 2.24) is 14.9 Å². The summed E-state index contributed by atoms with van der Waals surface area (Å²) in [6.45, 7) is 3.35. The molecule has 2 aromatic rings. The first-order valence-corrected chi connectivity index (χ1v) is 10.0. The van der Waals surface area contributed by atoms with Gasteiger partial charge in [0, 0.05) is 38.6 Å². The minimum atomic E-state index is -0.434. The van der Waals surface area contributed by atoms with E-state index in [1.165, 1.54) is 19.5 Å². The van der Waals surface area contributed by atoms with Gasteiger partial charge in [-0.25, -0.2) is 14.8 Å². The number of likely N-dealkylation sites (tertiary alicyclic amines) is 1. The Labute approximate surface area is 162 Å². The first kappa shape index (κ1) is 17.9. The van der Waals surface area contributed by atoms with Crippen LogP contribution < -0.4 is 4.90 Å². The fourth-order valence-corrected chi connectivity index (χ4v) is 4.61. The van der Waals surface area contributed by atoms with Gasteiger partial charge in [-0.2, -0.15) is 11.3 Å². The molecule has 0 aromatic carbocycles. The molecule has 2 saturated heterocycles. The highest BCUT2D eigenvalue weighted by Crippen LogP contribution is 2.33. The highest BCUT2D eigenvalue weighted by Gasteiger charge is 2.39. The van der Waals surface area contributed by atoms with Gasteiger partial charge in [-0.3, -0.25) is 4.79 Å². The van der Waals surface area contributed by atoms with Crippen molar-refractivity contribution in [2.24, 2.45) is 11.8 Å². The van der Waals surface area contributed by atoms with Crippen LogP contribution in [0.1, 0.15) is 22.3 Å². The van der Waals surface area contributed by atoms with E-state index in [0.717, 1.165) is 38.2 Å². The minimum absolute atomic E-state index is 0.212. The summed E-state index contributed by atoms with van der Waals surface area (Å²) in [6.07, 6.45) is 4.51. The number of hydrogen-bond acceptors (Lipinski definition) is 7. The lowest BCUT2D eigenvalue weighted by molar-refractivity contribution is -0.132. The van der Waals surface area contributed by atoms with Crippen LogP contribution in [0.25, 0.3) is 0 Å². The van der Waals surface area contributed by atoms with Gasteiger partial charge in [-0.15, -0.1) is 0 Å². The molecule has 2 aliphatic heterocycles. The lowest BCUT2D eigenvalue weighted by Gasteiger charge is -2.34. The molecule has 0 spiro atoms. The predicted molar refractivity (Wildman–Crippen MR) is 102 cm³/mol. The summed E-state index contributed by atoms with van der Waals surface area (Å²) < 4.78 is 4.68. The van der Waals surface area contributed by atoms with Crippen LogP contribution >= 0.6 is 11.3 Å². The van der Waals surface area contributed by atoms with Crippen molar-refractivity contribution in [1.29, 1.82) is 0 Å². The molecule has 2 fully saturated rings. The molecular weight excluding hydrogens is 364 g/mol. The maximum Gasteiger partial charge on any atom is 0.341 e. The maximum atomic E-state index is 12.6. The lowest BCUT2D eigenvalue weighted by atomic mass is 9.88. The third-order valence-corrected chi connectivity index (χ3v) is 6.16. The zero-order valence-electron chi connectivity index (χ0n) is 15.2. The number of methoxy groups -OCH3 is 1. The Morgan fingerprint density at radius 1 is 1.22 bits per heavy atom. The Morgan fingerprint density at radius 3 is 2.70 bits per heavy atom. The SMILES string of the molecule is COC(=O)c1cnc(N2C[C@H]3CN(C(=O)Cc4ccsc4)CC[C@H]3C2)nc1. The summed E-state index contributed by atoms with van der Waals surface area (Å²) in [7, 11) is 1.34. The molecule has 0 radical (unpaired) electrons. The number of carbonyl (C=O) groups is 2. The molecule has 0 unspecified atom stereocenters. The fourth-order valence-electron chi connectivity index (χ4n) is 3.95. The van der Waals surface area contributed by atoms with E-state index >= 15 is 0 Å². The monoisotopic (exact) mass is 386 g/mol. The standard InChI is InChI=1S/C19H22N4O3S/c1-26-18(25)15-7-20-19(21-8-15)23-9-14-2-4-22(10-16(14)11-23)17(24)6-13-3-5-27-12-13/h3,5,7-8,12,14,16H,2,4,6,9-11H2,1H3/t14-,16+/m0/s1. The van der Waals surface area contributed by atoms with Crippen LogP contribution in [0.3, 0.4) is 0 Å². The number of carbonyl (C=O) groups excluding carboxylic acids is 2. The molecule has 1 amide bonds. The van der Waals surface area contributed by atoms with Crippen LogP contribution in [0.4, 0.5) is 5.95 Å². The Balaban J connectivity index is 1.37. The number of nitrogens with zero attached hydrogens (tertiary/aromatic N) is 4. The van der Waals surface area contributed by atoms with Gasteiger partial charge in [0.25, 0.3) is 0 Å². The lowest BCUT2D eigenvalue weighted by Crippen LogP contribution is -2.44. The van der Waals surface area contributed by atoms with Crippen LogP contribution in [0.2, 0.25) is 0 Å². The number of esters is 1. The summed E-state index contributed by atoms with van der Waals surface area (Å²) in [6, 6.07) is 2.02. The number of hydrogen-bond donors (Lipinski definition) is 0. The number of ether oxygens (including phenoxy) is 1. The van der Waals surface area contributed by atoms with E-state index in [9.17, 15) is 9.59 Å². The van der Waals surface area contributed by atoms with E-state index in [4.69, 9.17) is 0 Å². The average Bonchev–Trinajstić information content (AvgIpc) is 3.36. The van der Waals surface area contributed by atoms with Crippen molar-refractivity contribution < 1.29 is 14.3 Å². The Morgan fingerprint density at radius 2 is 2.00 bits per heavy atom. The van der Waals surface area contributed by atoms with Crippen LogP contribution in [0.5, 0.6) is 0 Å². The Hall–Kier alpha value is -2.48. The number of piperidine rings is 1. The molecule has 0 aliphatic carbocycles. The van der Waals surface area contributed by atoms with Crippen molar-refractivity contribution in [3.8, 4) is 0 Å². The number of thiophene rings is 1. The van der Waals surface area contributed by atoms with Crippen LogP contribution in [-0.4, -0.2) is 60.0 Å². The highest BCUT2D eigenvalue weighted by molar-refractivity contribution is 7.08. The van der Waals surface area contributed by atoms with Gasteiger partial charge < -0.3 is 14.5 Å². The van der Waals surface area contributed by atoms with E-state index in [0.29, 0.717) is 29.8 Å². The van der Waals surface area contributed by atoms with Gasteiger partial charge in [-0.1, -0.05) is 0 Å². The fraction of sp³-hybridized carbons (Fsp3) is 0.474. The second-order valence-corrected chi connectivity index (χ2v) is 7.91. The molecule has 0 saturated carbocycles. The maximum absolute atomic E-state index is 12.6. The summed E-state index contributed by atoms with van der Waals surface area (Å²) in [5.74, 6) is 1.40. The van der Waals surface area contributed by atoms with Gasteiger partial charge in [0.2, 0.25) is 11.9 Å². The summed E-state index contributed by atoms with van der Waals surface area (Å²) in [4.78, 5) is 36.9. The zero-order chi connectivity index (χ0) is 18.8. The zero-order valence-corrected chi connectivity index (χ0v) is 16.0. The predicted octanol–water partition coefficient (Wildman–Crippen LogP) is 1.85. The Bertz CT molecular complexity index is 809. The van der Waals surface area contributed by atoms with E-state index in [-0.39, 0.29) is 5.91 Å². The van der Waals surface area contributed by atoms with Crippen LogP contribution in [0.15, 0.2) is 29.2 Å². The number of fused-ring (bicyclic) bond motifs is 1. The van der Waals surface area contributed by atoms with E-state index < -0.39 is 5.97 Å². The van der Waals surface area contributed by atoms with Crippen molar-refractivity contribution in [2.45, 2.75) is 12.8 Å². The van der Waals surface area contributed by atoms with Crippen molar-refractivity contribution in [2.75, 3.05) is 38.2 Å². The topological polar surface area (TPSA) is 75.6 Å². The first-order chi connectivity index (χ1) is 13.1. The van der Waals surface area contributed by atoms with Gasteiger partial charge in [-0.05, 0) is 40.6 Å².